The van der Waals surface area contributed by atoms with Gasteiger partial charge in [-0.1, -0.05) is 60.1 Å². The first-order valence-corrected chi connectivity index (χ1v) is 14.6. The fraction of sp³-hybridized carbons (Fsp3) is 0.103. The van der Waals surface area contributed by atoms with Gasteiger partial charge in [-0.25, -0.2) is 13.8 Å². The van der Waals surface area contributed by atoms with Crippen LogP contribution in [0.1, 0.15) is 34.0 Å². The first kappa shape index (κ1) is 27.8. The number of nitrogens with one attached hydrogen (secondary N) is 1. The number of benzene rings is 4. The molecular weight excluding hydrogens is 633 g/mol. The fourth-order valence-corrected chi connectivity index (χ4v) is 5.83. The predicted molar refractivity (Wildman–Crippen MR) is 161 cm³/mol. The minimum atomic E-state index is -3.89. The van der Waals surface area contributed by atoms with Gasteiger partial charge in [0, 0.05) is 14.2 Å². The maximum Gasteiger partial charge on any atom is 0.271 e. The number of hydrogen-bond acceptors (Lipinski definition) is 4. The molecule has 0 aliphatic rings. The quantitative estimate of drug-likeness (QED) is 0.129. The monoisotopic (exact) mass is 657 g/mol. The summed E-state index contributed by atoms with van der Waals surface area (Å²) in [6.45, 7) is 3.67. The van der Waals surface area contributed by atoms with E-state index >= 15 is 0 Å². The van der Waals surface area contributed by atoms with Crippen molar-refractivity contribution in [3.63, 3.8) is 0 Å². The molecule has 0 heterocycles. The zero-order valence-electron chi connectivity index (χ0n) is 20.7. The largest absolute Gasteiger partial charge is 0.271 e. The minimum Gasteiger partial charge on any atom is -0.267 e. The molecule has 0 saturated carbocycles. The van der Waals surface area contributed by atoms with E-state index in [1.807, 2.05) is 31.2 Å². The molecule has 9 heteroatoms. The van der Waals surface area contributed by atoms with Gasteiger partial charge in [-0.3, -0.25) is 9.10 Å². The summed E-state index contributed by atoms with van der Waals surface area (Å²) >= 11 is 8.56. The van der Waals surface area contributed by atoms with Crippen LogP contribution in [0, 0.1) is 10.5 Å². The topological polar surface area (TPSA) is 78.8 Å². The van der Waals surface area contributed by atoms with Crippen molar-refractivity contribution in [1.82, 2.24) is 5.43 Å². The van der Waals surface area contributed by atoms with Gasteiger partial charge in [0.15, 0.2) is 0 Å². The Morgan fingerprint density at radius 2 is 1.53 bits per heavy atom. The van der Waals surface area contributed by atoms with Crippen LogP contribution >= 0.6 is 34.2 Å². The van der Waals surface area contributed by atoms with Gasteiger partial charge in [0.25, 0.3) is 15.9 Å². The number of sulfonamides is 1. The van der Waals surface area contributed by atoms with Gasteiger partial charge in [-0.05, 0) is 102 Å². The molecular formula is C29H25ClIN3O3S. The predicted octanol–water partition coefficient (Wildman–Crippen LogP) is 6.80. The van der Waals surface area contributed by atoms with E-state index in [0.717, 1.165) is 9.13 Å². The molecule has 194 valence electrons. The summed E-state index contributed by atoms with van der Waals surface area (Å²) in [6.07, 6.45) is 0. The Balaban J connectivity index is 1.57. The highest BCUT2D eigenvalue weighted by Crippen LogP contribution is 2.32. The third kappa shape index (κ3) is 6.43. The van der Waals surface area contributed by atoms with Gasteiger partial charge in [0.2, 0.25) is 0 Å². The van der Waals surface area contributed by atoms with Crippen molar-refractivity contribution in [3.05, 3.63) is 128 Å². The Morgan fingerprint density at radius 1 is 0.895 bits per heavy atom. The number of anilines is 1. The Morgan fingerprint density at radius 3 is 2.18 bits per heavy atom. The average molecular weight is 658 g/mol. The number of hydrogen-bond donors (Lipinski definition) is 1. The van der Waals surface area contributed by atoms with E-state index in [0.29, 0.717) is 33.1 Å². The van der Waals surface area contributed by atoms with E-state index in [2.05, 4.69) is 33.1 Å². The number of hydrazone groups is 1. The number of nitrogens with zero attached hydrogens (tertiary/aromatic N) is 2. The highest BCUT2D eigenvalue weighted by Gasteiger charge is 2.27. The Hall–Kier alpha value is -3.21. The summed E-state index contributed by atoms with van der Waals surface area (Å²) in [6, 6.07) is 28.1. The van der Waals surface area contributed by atoms with Crippen molar-refractivity contribution in [3.8, 4) is 0 Å². The molecule has 0 aliphatic heterocycles. The fourth-order valence-electron chi connectivity index (χ4n) is 3.77. The van der Waals surface area contributed by atoms with E-state index in [1.54, 1.807) is 79.7 Å². The van der Waals surface area contributed by atoms with E-state index in [4.69, 9.17) is 11.6 Å². The molecule has 38 heavy (non-hydrogen) atoms. The highest BCUT2D eigenvalue weighted by molar-refractivity contribution is 14.1. The SMILES string of the molecule is C/C(=N/NC(=O)c1ccc(CN(c2cccc(Cl)c2C)S(=O)(=O)c2ccccc2)cc1)c1ccc(I)cc1. The van der Waals surface area contributed by atoms with Crippen LogP contribution in [0.2, 0.25) is 5.02 Å². The lowest BCUT2D eigenvalue weighted by atomic mass is 10.1. The van der Waals surface area contributed by atoms with Crippen molar-refractivity contribution in [2.75, 3.05) is 4.31 Å². The molecule has 4 aromatic carbocycles. The molecule has 0 spiro atoms. The first-order chi connectivity index (χ1) is 18.2. The molecule has 1 N–H and O–H groups in total. The van der Waals surface area contributed by atoms with Gasteiger partial charge in [-0.15, -0.1) is 0 Å². The normalized spacial score (nSPS) is 11.7. The van der Waals surface area contributed by atoms with Gasteiger partial charge < -0.3 is 0 Å². The number of halogens is 2. The number of carbonyl (C=O) groups excluding carboxylic acids is 1. The lowest BCUT2D eigenvalue weighted by Gasteiger charge is -2.26. The number of amides is 1. The zero-order valence-corrected chi connectivity index (χ0v) is 24.5. The molecule has 4 aromatic rings. The Kier molecular flexibility index (Phi) is 8.86. The molecule has 0 bridgehead atoms. The third-order valence-corrected chi connectivity index (χ3v) is 8.87. The van der Waals surface area contributed by atoms with Crippen molar-refractivity contribution in [2.24, 2.45) is 5.10 Å². The molecule has 0 fully saturated rings. The Labute approximate surface area is 241 Å². The second kappa shape index (κ2) is 12.1. The van der Waals surface area contributed by atoms with Gasteiger partial charge in [0.05, 0.1) is 22.8 Å². The van der Waals surface area contributed by atoms with E-state index < -0.39 is 10.0 Å². The second-order valence-corrected chi connectivity index (χ2v) is 12.1. The van der Waals surface area contributed by atoms with Crippen LogP contribution in [0.15, 0.2) is 107 Å². The molecule has 0 radical (unpaired) electrons. The van der Waals surface area contributed by atoms with Crippen LogP contribution in [0.25, 0.3) is 0 Å². The third-order valence-electron chi connectivity index (χ3n) is 5.97. The minimum absolute atomic E-state index is 0.0599. The lowest BCUT2D eigenvalue weighted by molar-refractivity contribution is 0.0955. The van der Waals surface area contributed by atoms with E-state index in [-0.39, 0.29) is 17.3 Å². The molecule has 1 amide bonds. The van der Waals surface area contributed by atoms with Gasteiger partial charge in [0.1, 0.15) is 0 Å². The van der Waals surface area contributed by atoms with Crippen molar-refractivity contribution in [2.45, 2.75) is 25.3 Å². The summed E-state index contributed by atoms with van der Waals surface area (Å²) in [5.74, 6) is -0.360. The molecule has 4 rings (SSSR count). The summed E-state index contributed by atoms with van der Waals surface area (Å²) in [5, 5.41) is 4.69. The Bertz CT molecular complexity index is 1570. The summed E-state index contributed by atoms with van der Waals surface area (Å²) < 4.78 is 29.8. The van der Waals surface area contributed by atoms with Crippen LogP contribution in [0.5, 0.6) is 0 Å². The van der Waals surface area contributed by atoms with Gasteiger partial charge in [-0.2, -0.15) is 5.10 Å². The molecule has 0 aromatic heterocycles. The van der Waals surface area contributed by atoms with Crippen LogP contribution in [-0.2, 0) is 16.6 Å². The second-order valence-electron chi connectivity index (χ2n) is 8.55. The highest BCUT2D eigenvalue weighted by atomic mass is 127. The molecule has 0 atom stereocenters. The van der Waals surface area contributed by atoms with Crippen LogP contribution in [0.4, 0.5) is 5.69 Å². The first-order valence-electron chi connectivity index (χ1n) is 11.7. The lowest BCUT2D eigenvalue weighted by Crippen LogP contribution is -2.31. The number of carbonyl (C=O) groups is 1. The van der Waals surface area contributed by atoms with Crippen molar-refractivity contribution >= 4 is 61.5 Å². The summed E-state index contributed by atoms with van der Waals surface area (Å²) in [7, 11) is -3.89. The summed E-state index contributed by atoms with van der Waals surface area (Å²) in [4.78, 5) is 12.9. The molecule has 0 unspecified atom stereocenters. The van der Waals surface area contributed by atoms with Crippen molar-refractivity contribution < 1.29 is 13.2 Å². The van der Waals surface area contributed by atoms with Crippen LogP contribution in [0.3, 0.4) is 0 Å². The molecule has 6 nitrogen and oxygen atoms in total. The number of rotatable bonds is 8. The van der Waals surface area contributed by atoms with E-state index in [9.17, 15) is 13.2 Å². The van der Waals surface area contributed by atoms with Crippen molar-refractivity contribution in [1.29, 1.82) is 0 Å². The van der Waals surface area contributed by atoms with Crippen LogP contribution in [-0.4, -0.2) is 20.0 Å². The zero-order chi connectivity index (χ0) is 27.3. The smallest absolute Gasteiger partial charge is 0.267 e. The summed E-state index contributed by atoms with van der Waals surface area (Å²) in [5.41, 5.74) is 6.44. The van der Waals surface area contributed by atoms with E-state index in [1.165, 1.54) is 4.31 Å². The maximum absolute atomic E-state index is 13.7. The van der Waals surface area contributed by atoms with Crippen LogP contribution < -0.4 is 9.73 Å². The standard InChI is InChI=1S/C29H25ClIN3O3S/c1-20-27(30)9-6-10-28(20)34(38(36,37)26-7-4-3-5-8-26)19-22-11-13-24(14-12-22)29(35)33-32-21(2)23-15-17-25(31)18-16-23/h3-18H,19H2,1-2H3,(H,33,35)/b32-21-. The van der Waals surface area contributed by atoms with Gasteiger partial charge >= 0.3 is 0 Å². The molecule has 0 aliphatic carbocycles. The molecule has 0 saturated heterocycles. The average Bonchev–Trinajstić information content (AvgIpc) is 2.93. The maximum atomic E-state index is 13.7.